The lowest BCUT2D eigenvalue weighted by molar-refractivity contribution is -0.121. The molecule has 3 aromatic carbocycles. The van der Waals surface area contributed by atoms with Crippen LogP contribution in [0.25, 0.3) is 31.4 Å². The van der Waals surface area contributed by atoms with Crippen LogP contribution in [0.1, 0.15) is 5.56 Å². The van der Waals surface area contributed by atoms with Crippen LogP contribution in [0.4, 0.5) is 0 Å². The fraction of sp³-hybridized carbons (Fsp3) is 0.0400. The Morgan fingerprint density at radius 2 is 1.78 bits per heavy atom. The molecule has 0 radical (unpaired) electrons. The van der Waals surface area contributed by atoms with Gasteiger partial charge in [-0.15, -0.1) is 11.3 Å². The molecular formula is C25H18N4O2S. The lowest BCUT2D eigenvalue weighted by Gasteiger charge is -2.04. The first-order valence-electron chi connectivity index (χ1n) is 10.0. The van der Waals surface area contributed by atoms with Gasteiger partial charge in [0.05, 0.1) is 17.9 Å². The molecule has 2 heterocycles. The van der Waals surface area contributed by atoms with E-state index in [0.29, 0.717) is 10.2 Å². The molecule has 6 nitrogen and oxygen atoms in total. The Morgan fingerprint density at radius 1 is 1.00 bits per heavy atom. The van der Waals surface area contributed by atoms with Crippen LogP contribution in [0.5, 0.6) is 0 Å². The lowest BCUT2D eigenvalue weighted by atomic mass is 10.1. The second kappa shape index (κ2) is 8.56. The van der Waals surface area contributed by atoms with Crippen LogP contribution in [-0.2, 0) is 11.3 Å². The van der Waals surface area contributed by atoms with Crippen molar-refractivity contribution in [2.45, 2.75) is 6.54 Å². The minimum Gasteiger partial charge on any atom is -0.289 e. The summed E-state index contributed by atoms with van der Waals surface area (Å²) in [6, 6.07) is 25.5. The maximum atomic E-state index is 12.9. The summed E-state index contributed by atoms with van der Waals surface area (Å²) < 4.78 is 1.30. The van der Waals surface area contributed by atoms with E-state index in [4.69, 9.17) is 0 Å². The predicted molar refractivity (Wildman–Crippen MR) is 129 cm³/mol. The highest BCUT2D eigenvalue weighted by Crippen LogP contribution is 2.30. The summed E-state index contributed by atoms with van der Waals surface area (Å²) in [7, 11) is 0. The number of carbonyl (C=O) groups is 1. The summed E-state index contributed by atoms with van der Waals surface area (Å²) in [4.78, 5) is 31.2. The molecule has 0 saturated heterocycles. The Balaban J connectivity index is 1.33. The summed E-state index contributed by atoms with van der Waals surface area (Å²) in [5.74, 6) is -0.400. The first kappa shape index (κ1) is 19.8. The van der Waals surface area contributed by atoms with E-state index in [0.717, 1.165) is 26.8 Å². The van der Waals surface area contributed by atoms with Gasteiger partial charge in [-0.3, -0.25) is 14.2 Å². The van der Waals surface area contributed by atoms with E-state index in [2.05, 4.69) is 15.5 Å². The second-order valence-corrected chi connectivity index (χ2v) is 8.27. The van der Waals surface area contributed by atoms with Gasteiger partial charge in [0.15, 0.2) is 0 Å². The van der Waals surface area contributed by atoms with E-state index in [-0.39, 0.29) is 12.1 Å². The smallest absolute Gasteiger partial charge is 0.262 e. The number of nitrogens with one attached hydrogen (secondary N) is 1. The predicted octanol–water partition coefficient (Wildman–Crippen LogP) is 4.43. The van der Waals surface area contributed by atoms with Crippen molar-refractivity contribution >= 4 is 44.4 Å². The zero-order chi connectivity index (χ0) is 21.9. The normalized spacial score (nSPS) is 11.4. The highest BCUT2D eigenvalue weighted by Gasteiger charge is 2.12. The molecule has 7 heteroatoms. The average molecular weight is 439 g/mol. The molecule has 0 fully saturated rings. The molecule has 156 valence electrons. The molecule has 0 atom stereocenters. The van der Waals surface area contributed by atoms with E-state index in [1.165, 1.54) is 22.2 Å². The van der Waals surface area contributed by atoms with Gasteiger partial charge in [-0.2, -0.15) is 5.10 Å². The fourth-order valence-corrected chi connectivity index (χ4v) is 4.54. The Hall–Kier alpha value is -4.10. The number of benzene rings is 3. The fourth-order valence-electron chi connectivity index (χ4n) is 3.54. The summed E-state index contributed by atoms with van der Waals surface area (Å²) in [6.07, 6.45) is 3.01. The van der Waals surface area contributed by atoms with Gasteiger partial charge in [-0.1, -0.05) is 72.8 Å². The van der Waals surface area contributed by atoms with Gasteiger partial charge in [-0.25, -0.2) is 10.4 Å². The highest BCUT2D eigenvalue weighted by atomic mass is 32.1. The Bertz CT molecular complexity index is 1510. The maximum Gasteiger partial charge on any atom is 0.262 e. The number of hydrogen-bond acceptors (Lipinski definition) is 5. The summed E-state index contributed by atoms with van der Waals surface area (Å²) in [5, 5.41) is 6.71. The van der Waals surface area contributed by atoms with E-state index in [1.807, 2.05) is 78.9 Å². The molecule has 32 heavy (non-hydrogen) atoms. The second-order valence-electron chi connectivity index (χ2n) is 7.23. The SMILES string of the molecule is O=C(Cn1cnc2sc(-c3ccccc3)cc2c1=O)NN=Cc1cccc2ccccc12. The Kier molecular flexibility index (Phi) is 5.31. The summed E-state index contributed by atoms with van der Waals surface area (Å²) >= 11 is 1.46. The number of thiophene rings is 1. The van der Waals surface area contributed by atoms with E-state index in [1.54, 1.807) is 6.21 Å². The topological polar surface area (TPSA) is 76.3 Å². The molecule has 1 N–H and O–H groups in total. The van der Waals surface area contributed by atoms with Crippen molar-refractivity contribution in [1.29, 1.82) is 0 Å². The Labute approximate surface area is 187 Å². The minimum absolute atomic E-state index is 0.162. The zero-order valence-electron chi connectivity index (χ0n) is 16.9. The van der Waals surface area contributed by atoms with Gasteiger partial charge in [0.2, 0.25) is 0 Å². The van der Waals surface area contributed by atoms with Crippen LogP contribution in [0.15, 0.2) is 95.1 Å². The summed E-state index contributed by atoms with van der Waals surface area (Å²) in [5.41, 5.74) is 4.18. The number of rotatable bonds is 5. The summed E-state index contributed by atoms with van der Waals surface area (Å²) in [6.45, 7) is -0.162. The van der Waals surface area contributed by atoms with E-state index in [9.17, 15) is 9.59 Å². The number of aromatic nitrogens is 2. The third kappa shape index (κ3) is 3.93. The number of nitrogens with zero attached hydrogens (tertiary/aromatic N) is 3. The molecule has 5 rings (SSSR count). The molecular weight excluding hydrogens is 420 g/mol. The number of hydrogen-bond donors (Lipinski definition) is 1. The maximum absolute atomic E-state index is 12.9. The largest absolute Gasteiger partial charge is 0.289 e. The van der Waals surface area contributed by atoms with Crippen LogP contribution in [0.2, 0.25) is 0 Å². The molecule has 0 spiro atoms. The Morgan fingerprint density at radius 3 is 2.66 bits per heavy atom. The van der Waals surface area contributed by atoms with Crippen molar-refractivity contribution < 1.29 is 4.79 Å². The molecule has 2 aromatic heterocycles. The standard InChI is InChI=1S/C25H18N4O2S/c30-23(28-27-14-19-11-6-10-17-7-4-5-12-20(17)19)15-29-16-26-24-21(25(29)31)13-22(32-24)18-8-2-1-3-9-18/h1-14,16H,15H2,(H,28,30). The zero-order valence-corrected chi connectivity index (χ0v) is 17.8. The van der Waals surface area contributed by atoms with Gasteiger partial charge in [0, 0.05) is 10.4 Å². The molecule has 0 aliphatic rings. The molecule has 0 unspecified atom stereocenters. The van der Waals surface area contributed by atoms with Crippen LogP contribution in [0, 0.1) is 0 Å². The van der Waals surface area contributed by atoms with Gasteiger partial charge in [-0.05, 0) is 22.4 Å². The van der Waals surface area contributed by atoms with E-state index >= 15 is 0 Å². The van der Waals surface area contributed by atoms with Crippen molar-refractivity contribution in [2.24, 2.45) is 5.10 Å². The van der Waals surface area contributed by atoms with E-state index < -0.39 is 5.91 Å². The minimum atomic E-state index is -0.400. The highest BCUT2D eigenvalue weighted by molar-refractivity contribution is 7.21. The molecule has 0 aliphatic heterocycles. The van der Waals surface area contributed by atoms with Gasteiger partial charge in [0.25, 0.3) is 11.5 Å². The molecule has 5 aromatic rings. The van der Waals surface area contributed by atoms with Crippen molar-refractivity contribution in [2.75, 3.05) is 0 Å². The lowest BCUT2D eigenvalue weighted by Crippen LogP contribution is -2.29. The number of hydrazone groups is 1. The quantitative estimate of drug-likeness (QED) is 0.326. The molecule has 1 amide bonds. The molecule has 0 aliphatic carbocycles. The van der Waals surface area contributed by atoms with Gasteiger partial charge < -0.3 is 0 Å². The number of carbonyl (C=O) groups excluding carboxylic acids is 1. The first-order chi connectivity index (χ1) is 15.7. The van der Waals surface area contributed by atoms with Crippen molar-refractivity contribution in [3.63, 3.8) is 0 Å². The average Bonchev–Trinajstić information content (AvgIpc) is 3.27. The molecule has 0 saturated carbocycles. The van der Waals surface area contributed by atoms with Crippen LogP contribution < -0.4 is 11.0 Å². The van der Waals surface area contributed by atoms with Gasteiger partial charge in [0.1, 0.15) is 11.4 Å². The number of fused-ring (bicyclic) bond motifs is 2. The molecule has 0 bridgehead atoms. The number of amides is 1. The van der Waals surface area contributed by atoms with Crippen LogP contribution >= 0.6 is 11.3 Å². The monoisotopic (exact) mass is 438 g/mol. The van der Waals surface area contributed by atoms with Crippen molar-refractivity contribution in [3.8, 4) is 10.4 Å². The van der Waals surface area contributed by atoms with Crippen LogP contribution in [0.3, 0.4) is 0 Å². The third-order valence-corrected chi connectivity index (χ3v) is 6.20. The van der Waals surface area contributed by atoms with Crippen LogP contribution in [-0.4, -0.2) is 21.7 Å². The van der Waals surface area contributed by atoms with Crippen molar-refractivity contribution in [3.05, 3.63) is 101 Å². The first-order valence-corrected chi connectivity index (χ1v) is 10.8. The third-order valence-electron chi connectivity index (χ3n) is 5.11. The van der Waals surface area contributed by atoms with Gasteiger partial charge >= 0.3 is 0 Å². The van der Waals surface area contributed by atoms with Crippen molar-refractivity contribution in [1.82, 2.24) is 15.0 Å².